The molecule has 5 heteroatoms. The lowest BCUT2D eigenvalue weighted by atomic mass is 10.1. The van der Waals surface area contributed by atoms with Gasteiger partial charge in [0, 0.05) is 18.2 Å². The Balaban J connectivity index is 2.08. The van der Waals surface area contributed by atoms with Crippen LogP contribution in [0.5, 0.6) is 11.5 Å². The van der Waals surface area contributed by atoms with Gasteiger partial charge in [0.15, 0.2) is 0 Å². The van der Waals surface area contributed by atoms with E-state index in [4.69, 9.17) is 4.74 Å². The molecule has 0 aliphatic heterocycles. The summed E-state index contributed by atoms with van der Waals surface area (Å²) in [5, 5.41) is 2.86. The molecule has 0 atom stereocenters. The highest BCUT2D eigenvalue weighted by Gasteiger charge is 2.19. The topological polar surface area (TPSA) is 58.6 Å². The van der Waals surface area contributed by atoms with E-state index in [0.717, 1.165) is 5.75 Å². The summed E-state index contributed by atoms with van der Waals surface area (Å²) in [5.41, 5.74) is 0.310. The van der Waals surface area contributed by atoms with Gasteiger partial charge in [-0.25, -0.2) is 0 Å². The summed E-state index contributed by atoms with van der Waals surface area (Å²) in [4.78, 5) is 25.5. The maximum absolute atomic E-state index is 12.1. The fraction of sp³-hybridized carbons (Fsp3) is 0.300. The second-order valence-electron chi connectivity index (χ2n) is 6.81. The maximum Gasteiger partial charge on any atom is 0.240 e. The lowest BCUT2D eigenvalue weighted by molar-refractivity contribution is -0.124. The molecule has 0 unspecified atom stereocenters. The SMILES string of the molecule is CC(=O)N(CC(=O)NC(C)(C)C)c1ccc(Oc2ccccc2)cc1. The zero-order chi connectivity index (χ0) is 18.4. The molecule has 0 spiro atoms. The summed E-state index contributed by atoms with van der Waals surface area (Å²) in [6.45, 7) is 7.13. The van der Waals surface area contributed by atoms with Crippen molar-refractivity contribution in [2.45, 2.75) is 33.2 Å². The van der Waals surface area contributed by atoms with Gasteiger partial charge in [0.2, 0.25) is 11.8 Å². The molecule has 2 amide bonds. The molecule has 0 aliphatic rings. The Morgan fingerprint density at radius 3 is 2.04 bits per heavy atom. The molecule has 0 aromatic heterocycles. The van der Waals surface area contributed by atoms with Crippen molar-refractivity contribution in [1.29, 1.82) is 0 Å². The number of hydrogen-bond acceptors (Lipinski definition) is 3. The van der Waals surface area contributed by atoms with Gasteiger partial charge in [-0.3, -0.25) is 9.59 Å². The second-order valence-corrected chi connectivity index (χ2v) is 6.81. The molecule has 0 bridgehead atoms. The molecule has 0 aliphatic carbocycles. The minimum Gasteiger partial charge on any atom is -0.457 e. The fourth-order valence-electron chi connectivity index (χ4n) is 2.30. The molecular weight excluding hydrogens is 316 g/mol. The number of amides is 2. The third-order valence-electron chi connectivity index (χ3n) is 3.32. The number of carbonyl (C=O) groups is 2. The van der Waals surface area contributed by atoms with Crippen LogP contribution in [0.3, 0.4) is 0 Å². The minimum atomic E-state index is -0.340. The van der Waals surface area contributed by atoms with Gasteiger partial charge in [0.05, 0.1) is 0 Å². The highest BCUT2D eigenvalue weighted by atomic mass is 16.5. The Morgan fingerprint density at radius 2 is 1.52 bits per heavy atom. The smallest absolute Gasteiger partial charge is 0.240 e. The van der Waals surface area contributed by atoms with Gasteiger partial charge in [-0.05, 0) is 57.2 Å². The van der Waals surface area contributed by atoms with Crippen LogP contribution in [-0.4, -0.2) is 23.9 Å². The molecule has 2 aromatic rings. The van der Waals surface area contributed by atoms with Crippen molar-refractivity contribution in [2.75, 3.05) is 11.4 Å². The Kier molecular flexibility index (Phi) is 5.80. The van der Waals surface area contributed by atoms with E-state index in [-0.39, 0.29) is 23.9 Å². The molecule has 25 heavy (non-hydrogen) atoms. The van der Waals surface area contributed by atoms with Gasteiger partial charge in [0.1, 0.15) is 18.0 Å². The van der Waals surface area contributed by atoms with E-state index in [9.17, 15) is 9.59 Å². The van der Waals surface area contributed by atoms with E-state index in [1.165, 1.54) is 11.8 Å². The summed E-state index contributed by atoms with van der Waals surface area (Å²) in [7, 11) is 0. The second kappa shape index (κ2) is 7.83. The standard InChI is InChI=1S/C20H24N2O3/c1-15(23)22(14-19(24)21-20(2,3)4)16-10-12-18(13-11-16)25-17-8-6-5-7-9-17/h5-13H,14H2,1-4H3,(H,21,24). The first-order valence-electron chi connectivity index (χ1n) is 8.17. The van der Waals surface area contributed by atoms with Crippen LogP contribution in [0.15, 0.2) is 54.6 Å². The van der Waals surface area contributed by atoms with E-state index >= 15 is 0 Å². The number of nitrogens with zero attached hydrogens (tertiary/aromatic N) is 1. The third kappa shape index (κ3) is 5.95. The Bertz CT molecular complexity index is 719. The van der Waals surface area contributed by atoms with E-state index in [1.807, 2.05) is 51.1 Å². The first-order chi connectivity index (χ1) is 11.7. The normalized spacial score (nSPS) is 10.9. The summed E-state index contributed by atoms with van der Waals surface area (Å²) in [5.74, 6) is 1.01. The van der Waals surface area contributed by atoms with Crippen LogP contribution in [-0.2, 0) is 9.59 Å². The van der Waals surface area contributed by atoms with Crippen LogP contribution in [0.1, 0.15) is 27.7 Å². The number of benzene rings is 2. The van der Waals surface area contributed by atoms with Crippen molar-refractivity contribution in [2.24, 2.45) is 0 Å². The first kappa shape index (κ1) is 18.5. The van der Waals surface area contributed by atoms with Crippen LogP contribution < -0.4 is 15.0 Å². The van der Waals surface area contributed by atoms with Gasteiger partial charge in [-0.1, -0.05) is 18.2 Å². The Morgan fingerprint density at radius 1 is 0.960 bits per heavy atom. The highest BCUT2D eigenvalue weighted by molar-refractivity contribution is 5.97. The largest absolute Gasteiger partial charge is 0.457 e. The average Bonchev–Trinajstić information content (AvgIpc) is 2.53. The molecule has 2 rings (SSSR count). The number of carbonyl (C=O) groups excluding carboxylic acids is 2. The molecule has 0 heterocycles. The quantitative estimate of drug-likeness (QED) is 0.902. The van der Waals surface area contributed by atoms with Gasteiger partial charge >= 0.3 is 0 Å². The van der Waals surface area contributed by atoms with Gasteiger partial charge in [-0.2, -0.15) is 0 Å². The van der Waals surface area contributed by atoms with Crippen molar-refractivity contribution in [1.82, 2.24) is 5.32 Å². The summed E-state index contributed by atoms with van der Waals surface area (Å²) < 4.78 is 5.74. The summed E-state index contributed by atoms with van der Waals surface area (Å²) in [6.07, 6.45) is 0. The van der Waals surface area contributed by atoms with Gasteiger partial charge < -0.3 is 15.0 Å². The van der Waals surface area contributed by atoms with Crippen molar-refractivity contribution in [3.63, 3.8) is 0 Å². The number of hydrogen-bond donors (Lipinski definition) is 1. The highest BCUT2D eigenvalue weighted by Crippen LogP contribution is 2.24. The zero-order valence-corrected chi connectivity index (χ0v) is 15.1. The fourth-order valence-corrected chi connectivity index (χ4v) is 2.30. The van der Waals surface area contributed by atoms with Crippen molar-refractivity contribution >= 4 is 17.5 Å². The van der Waals surface area contributed by atoms with Gasteiger partial charge in [-0.15, -0.1) is 0 Å². The summed E-state index contributed by atoms with van der Waals surface area (Å²) in [6, 6.07) is 16.5. The van der Waals surface area contributed by atoms with Crippen LogP contribution in [0.25, 0.3) is 0 Å². The van der Waals surface area contributed by atoms with Crippen LogP contribution in [0.4, 0.5) is 5.69 Å². The molecule has 0 fully saturated rings. The molecule has 0 saturated carbocycles. The lowest BCUT2D eigenvalue weighted by Crippen LogP contribution is -2.47. The first-order valence-corrected chi connectivity index (χ1v) is 8.17. The van der Waals surface area contributed by atoms with Crippen molar-refractivity contribution < 1.29 is 14.3 Å². The molecule has 5 nitrogen and oxygen atoms in total. The Hall–Kier alpha value is -2.82. The average molecular weight is 340 g/mol. The number of ether oxygens (including phenoxy) is 1. The molecule has 1 N–H and O–H groups in total. The van der Waals surface area contributed by atoms with E-state index in [2.05, 4.69) is 5.32 Å². The van der Waals surface area contributed by atoms with E-state index in [1.54, 1.807) is 24.3 Å². The van der Waals surface area contributed by atoms with E-state index in [0.29, 0.717) is 11.4 Å². The Labute approximate surface area is 148 Å². The molecule has 2 aromatic carbocycles. The molecule has 0 saturated heterocycles. The number of anilines is 1. The predicted octanol–water partition coefficient (Wildman–Crippen LogP) is 3.75. The van der Waals surface area contributed by atoms with Crippen molar-refractivity contribution in [3.05, 3.63) is 54.6 Å². The van der Waals surface area contributed by atoms with Crippen molar-refractivity contribution in [3.8, 4) is 11.5 Å². The van der Waals surface area contributed by atoms with Crippen LogP contribution in [0, 0.1) is 0 Å². The molecular formula is C20H24N2O3. The van der Waals surface area contributed by atoms with E-state index < -0.39 is 0 Å². The van der Waals surface area contributed by atoms with Crippen LogP contribution in [0.2, 0.25) is 0 Å². The molecule has 0 radical (unpaired) electrons. The zero-order valence-electron chi connectivity index (χ0n) is 15.1. The maximum atomic E-state index is 12.1. The number of nitrogens with one attached hydrogen (secondary N) is 1. The number of rotatable bonds is 5. The number of para-hydroxylation sites is 1. The molecule has 132 valence electrons. The summed E-state index contributed by atoms with van der Waals surface area (Å²) >= 11 is 0. The third-order valence-corrected chi connectivity index (χ3v) is 3.32. The monoisotopic (exact) mass is 340 g/mol. The lowest BCUT2D eigenvalue weighted by Gasteiger charge is -2.25. The predicted molar refractivity (Wildman–Crippen MR) is 98.9 cm³/mol. The minimum absolute atomic E-state index is 0.0223. The van der Waals surface area contributed by atoms with Gasteiger partial charge in [0.25, 0.3) is 0 Å². The van der Waals surface area contributed by atoms with Crippen LogP contribution >= 0.6 is 0 Å².